The highest BCUT2D eigenvalue weighted by Gasteiger charge is 2.31. The maximum Gasteiger partial charge on any atom is 0.328 e. The van der Waals surface area contributed by atoms with Crippen LogP contribution in [0.15, 0.2) is 42.5 Å². The van der Waals surface area contributed by atoms with Gasteiger partial charge in [-0.3, -0.25) is 0 Å². The normalized spacial score (nSPS) is 19.0. The molecule has 25 heavy (non-hydrogen) atoms. The van der Waals surface area contributed by atoms with Gasteiger partial charge in [0.05, 0.1) is 18.7 Å². The Morgan fingerprint density at radius 3 is 2.56 bits per heavy atom. The summed E-state index contributed by atoms with van der Waals surface area (Å²) in [6, 6.07) is 14.0. The molecule has 2 aromatic carbocycles. The molecular weight excluding hydrogens is 320 g/mol. The SMILES string of the molecule is COc1cc(C#N)ccc1Oc1ccc(N[C@H]2C[C@H](C)OC2=O)cc1. The summed E-state index contributed by atoms with van der Waals surface area (Å²) in [6.07, 6.45) is 0.593. The van der Waals surface area contributed by atoms with Crippen LogP contribution in [0.25, 0.3) is 0 Å². The largest absolute Gasteiger partial charge is 0.493 e. The predicted molar refractivity (Wildman–Crippen MR) is 91.8 cm³/mol. The minimum absolute atomic E-state index is 0.0588. The van der Waals surface area contributed by atoms with Gasteiger partial charge in [0.25, 0.3) is 0 Å². The maximum absolute atomic E-state index is 11.7. The highest BCUT2D eigenvalue weighted by Crippen LogP contribution is 2.32. The average molecular weight is 338 g/mol. The molecule has 0 unspecified atom stereocenters. The number of nitrogens with zero attached hydrogens (tertiary/aromatic N) is 1. The van der Waals surface area contributed by atoms with E-state index in [4.69, 9.17) is 19.5 Å². The van der Waals surface area contributed by atoms with Gasteiger partial charge >= 0.3 is 5.97 Å². The molecule has 6 heteroatoms. The number of anilines is 1. The van der Waals surface area contributed by atoms with Gasteiger partial charge in [0.2, 0.25) is 0 Å². The monoisotopic (exact) mass is 338 g/mol. The number of carbonyl (C=O) groups excluding carboxylic acids is 1. The molecule has 0 amide bonds. The summed E-state index contributed by atoms with van der Waals surface area (Å²) in [5.41, 5.74) is 1.32. The van der Waals surface area contributed by atoms with E-state index in [1.807, 2.05) is 19.1 Å². The molecule has 3 rings (SSSR count). The Morgan fingerprint density at radius 1 is 1.20 bits per heavy atom. The second-order valence-corrected chi connectivity index (χ2v) is 5.78. The van der Waals surface area contributed by atoms with Crippen molar-refractivity contribution in [2.75, 3.05) is 12.4 Å². The third-order valence-corrected chi connectivity index (χ3v) is 3.89. The first-order chi connectivity index (χ1) is 12.1. The third-order valence-electron chi connectivity index (χ3n) is 3.89. The molecule has 128 valence electrons. The van der Waals surface area contributed by atoms with Gasteiger partial charge in [-0.05, 0) is 43.3 Å². The van der Waals surface area contributed by atoms with E-state index in [1.165, 1.54) is 7.11 Å². The lowest BCUT2D eigenvalue weighted by molar-refractivity contribution is -0.141. The summed E-state index contributed by atoms with van der Waals surface area (Å²) in [4.78, 5) is 11.7. The highest BCUT2D eigenvalue weighted by atomic mass is 16.6. The fraction of sp³-hybridized carbons (Fsp3) is 0.263. The summed E-state index contributed by atoms with van der Waals surface area (Å²) in [5, 5.41) is 12.1. The Hall–Kier alpha value is -3.20. The molecule has 0 saturated carbocycles. The van der Waals surface area contributed by atoms with Crippen molar-refractivity contribution < 1.29 is 19.0 Å². The van der Waals surface area contributed by atoms with Crippen molar-refractivity contribution in [2.45, 2.75) is 25.5 Å². The minimum Gasteiger partial charge on any atom is -0.493 e. The molecule has 1 aliphatic rings. The zero-order valence-electron chi connectivity index (χ0n) is 14.0. The van der Waals surface area contributed by atoms with E-state index in [0.717, 1.165) is 5.69 Å². The Balaban J connectivity index is 1.69. The van der Waals surface area contributed by atoms with Crippen LogP contribution in [0.5, 0.6) is 17.2 Å². The molecule has 0 aliphatic carbocycles. The van der Waals surface area contributed by atoms with Crippen LogP contribution in [0.1, 0.15) is 18.9 Å². The smallest absolute Gasteiger partial charge is 0.328 e. The maximum atomic E-state index is 11.7. The van der Waals surface area contributed by atoms with Gasteiger partial charge in [0.15, 0.2) is 11.5 Å². The molecular formula is C19H18N2O4. The molecule has 0 spiro atoms. The Morgan fingerprint density at radius 2 is 1.96 bits per heavy atom. The quantitative estimate of drug-likeness (QED) is 0.841. The van der Waals surface area contributed by atoms with Crippen molar-refractivity contribution in [2.24, 2.45) is 0 Å². The van der Waals surface area contributed by atoms with Crippen LogP contribution in [0, 0.1) is 11.3 Å². The van der Waals surface area contributed by atoms with Crippen molar-refractivity contribution in [3.63, 3.8) is 0 Å². The number of nitrogens with one attached hydrogen (secondary N) is 1. The fourth-order valence-electron chi connectivity index (χ4n) is 2.64. The number of methoxy groups -OCH3 is 1. The van der Waals surface area contributed by atoms with Gasteiger partial charge in [-0.2, -0.15) is 5.26 Å². The van der Waals surface area contributed by atoms with E-state index in [0.29, 0.717) is 29.2 Å². The number of cyclic esters (lactones) is 1. The van der Waals surface area contributed by atoms with Gasteiger partial charge in [-0.15, -0.1) is 0 Å². The van der Waals surface area contributed by atoms with Crippen LogP contribution in [-0.4, -0.2) is 25.2 Å². The number of hydrogen-bond acceptors (Lipinski definition) is 6. The number of carbonyl (C=O) groups is 1. The molecule has 2 aromatic rings. The Kier molecular flexibility index (Phi) is 4.75. The van der Waals surface area contributed by atoms with Crippen LogP contribution < -0.4 is 14.8 Å². The van der Waals surface area contributed by atoms with Crippen molar-refractivity contribution in [1.29, 1.82) is 5.26 Å². The fourth-order valence-corrected chi connectivity index (χ4v) is 2.64. The number of benzene rings is 2. The molecule has 0 bridgehead atoms. The highest BCUT2D eigenvalue weighted by molar-refractivity contribution is 5.81. The van der Waals surface area contributed by atoms with Gasteiger partial charge in [0, 0.05) is 18.2 Å². The topological polar surface area (TPSA) is 80.6 Å². The van der Waals surface area contributed by atoms with Gasteiger partial charge in [-0.25, -0.2) is 4.79 Å². The molecule has 1 aliphatic heterocycles. The number of ether oxygens (including phenoxy) is 3. The summed E-state index contributed by atoms with van der Waals surface area (Å²) < 4.78 is 16.2. The van der Waals surface area contributed by atoms with Crippen LogP contribution in [0.3, 0.4) is 0 Å². The number of hydrogen-bond donors (Lipinski definition) is 1. The van der Waals surface area contributed by atoms with E-state index < -0.39 is 0 Å². The van der Waals surface area contributed by atoms with Crippen LogP contribution in [-0.2, 0) is 9.53 Å². The van der Waals surface area contributed by atoms with E-state index in [-0.39, 0.29) is 18.1 Å². The minimum atomic E-state index is -0.319. The molecule has 1 heterocycles. The predicted octanol–water partition coefficient (Wildman–Crippen LogP) is 3.48. The summed E-state index contributed by atoms with van der Waals surface area (Å²) >= 11 is 0. The Bertz CT molecular complexity index is 811. The lowest BCUT2D eigenvalue weighted by Gasteiger charge is -2.13. The zero-order chi connectivity index (χ0) is 17.8. The molecule has 0 aromatic heterocycles. The lowest BCUT2D eigenvalue weighted by Crippen LogP contribution is -2.24. The molecule has 1 saturated heterocycles. The van der Waals surface area contributed by atoms with Crippen LogP contribution >= 0.6 is 0 Å². The van der Waals surface area contributed by atoms with Crippen molar-refractivity contribution in [3.05, 3.63) is 48.0 Å². The number of nitriles is 1. The third kappa shape index (κ3) is 3.83. The standard InChI is InChI=1S/C19H18N2O4/c1-12-9-16(19(22)24-12)21-14-4-6-15(7-5-14)25-17-8-3-13(11-20)10-18(17)23-2/h3-8,10,12,16,21H,9H2,1-2H3/t12-,16-/m0/s1. The Labute approximate surface area is 145 Å². The van der Waals surface area contributed by atoms with Crippen LogP contribution in [0.4, 0.5) is 5.69 Å². The average Bonchev–Trinajstić information content (AvgIpc) is 2.94. The van der Waals surface area contributed by atoms with E-state index in [2.05, 4.69) is 11.4 Å². The van der Waals surface area contributed by atoms with Crippen molar-refractivity contribution in [3.8, 4) is 23.3 Å². The van der Waals surface area contributed by atoms with Crippen LogP contribution in [0.2, 0.25) is 0 Å². The first-order valence-corrected chi connectivity index (χ1v) is 7.92. The van der Waals surface area contributed by atoms with E-state index in [9.17, 15) is 4.79 Å². The molecule has 6 nitrogen and oxygen atoms in total. The number of rotatable bonds is 5. The molecule has 2 atom stereocenters. The van der Waals surface area contributed by atoms with Gasteiger partial charge < -0.3 is 19.5 Å². The molecule has 1 fully saturated rings. The zero-order valence-corrected chi connectivity index (χ0v) is 14.0. The van der Waals surface area contributed by atoms with Gasteiger partial charge in [0.1, 0.15) is 17.9 Å². The molecule has 1 N–H and O–H groups in total. The lowest BCUT2D eigenvalue weighted by atomic mass is 10.2. The van der Waals surface area contributed by atoms with Crippen molar-refractivity contribution >= 4 is 11.7 Å². The second kappa shape index (κ2) is 7.14. The van der Waals surface area contributed by atoms with E-state index >= 15 is 0 Å². The van der Waals surface area contributed by atoms with Gasteiger partial charge in [-0.1, -0.05) is 0 Å². The first-order valence-electron chi connectivity index (χ1n) is 7.92. The van der Waals surface area contributed by atoms with Crippen molar-refractivity contribution in [1.82, 2.24) is 0 Å². The first kappa shape index (κ1) is 16.7. The second-order valence-electron chi connectivity index (χ2n) is 5.78. The summed E-state index contributed by atoms with van der Waals surface area (Å²) in [5.74, 6) is 1.41. The summed E-state index contributed by atoms with van der Waals surface area (Å²) in [6.45, 7) is 1.88. The number of esters is 1. The van der Waals surface area contributed by atoms with E-state index in [1.54, 1.807) is 30.3 Å². The molecule has 0 radical (unpaired) electrons. The summed E-state index contributed by atoms with van der Waals surface area (Å²) in [7, 11) is 1.53.